The lowest BCUT2D eigenvalue weighted by atomic mass is 10.2. The van der Waals surface area contributed by atoms with E-state index < -0.39 is 18.2 Å². The predicted octanol–water partition coefficient (Wildman–Crippen LogP) is 2.25. The molecule has 5 nitrogen and oxygen atoms in total. The van der Waals surface area contributed by atoms with Crippen LogP contribution in [0.5, 0.6) is 0 Å². The monoisotopic (exact) mass is 299 g/mol. The topological polar surface area (TPSA) is 66.8 Å². The van der Waals surface area contributed by atoms with Crippen molar-refractivity contribution < 1.29 is 19.4 Å². The average Bonchev–Trinajstić information content (AvgIpc) is 2.30. The van der Waals surface area contributed by atoms with Crippen molar-refractivity contribution in [1.82, 2.24) is 0 Å². The summed E-state index contributed by atoms with van der Waals surface area (Å²) in [6, 6.07) is 7.16. The van der Waals surface area contributed by atoms with E-state index >= 15 is 0 Å². The van der Waals surface area contributed by atoms with Crippen molar-refractivity contribution in [2.75, 3.05) is 11.4 Å². The number of ether oxygens (including phenoxy) is 1. The molecule has 1 unspecified atom stereocenters. The Bertz CT molecular complexity index is 445. The Hall–Kier alpha value is -1.56. The summed E-state index contributed by atoms with van der Waals surface area (Å²) in [5.41, 5.74) is 0.696. The van der Waals surface area contributed by atoms with Gasteiger partial charge in [0.1, 0.15) is 0 Å². The van der Waals surface area contributed by atoms with Crippen molar-refractivity contribution in [1.29, 1.82) is 0 Å². The van der Waals surface area contributed by atoms with Crippen LogP contribution in [0.15, 0.2) is 28.7 Å². The number of benzene rings is 1. The Balaban J connectivity index is 2.12. The number of carbonyl (C=O) groups excluding carboxylic acids is 1. The SMILES string of the molecule is O=C(O)C1CCN(c2ccc(Br)cc2)C(=O)O1. The number of carboxylic acid groups (broad SMARTS) is 1. The molecule has 0 aromatic heterocycles. The van der Waals surface area contributed by atoms with Gasteiger partial charge < -0.3 is 9.84 Å². The van der Waals surface area contributed by atoms with E-state index in [-0.39, 0.29) is 6.42 Å². The van der Waals surface area contributed by atoms with E-state index in [1.807, 2.05) is 12.1 Å². The number of anilines is 1. The van der Waals surface area contributed by atoms with E-state index in [9.17, 15) is 9.59 Å². The molecular formula is C11H10BrNO4. The van der Waals surface area contributed by atoms with Crippen LogP contribution in [-0.2, 0) is 9.53 Å². The van der Waals surface area contributed by atoms with Crippen LogP contribution in [-0.4, -0.2) is 29.8 Å². The summed E-state index contributed by atoms with van der Waals surface area (Å²) in [6.07, 6.45) is -1.36. The fourth-order valence-electron chi connectivity index (χ4n) is 1.61. The number of carbonyl (C=O) groups is 2. The third kappa shape index (κ3) is 2.58. The summed E-state index contributed by atoms with van der Waals surface area (Å²) < 4.78 is 5.73. The lowest BCUT2D eigenvalue weighted by molar-refractivity contribution is -0.147. The predicted molar refractivity (Wildman–Crippen MR) is 64.0 cm³/mol. The van der Waals surface area contributed by atoms with Gasteiger partial charge >= 0.3 is 12.1 Å². The van der Waals surface area contributed by atoms with Gasteiger partial charge in [0.05, 0.1) is 0 Å². The standard InChI is InChI=1S/C11H10BrNO4/c12-7-1-3-8(4-2-7)13-6-5-9(10(14)15)17-11(13)16/h1-4,9H,5-6H2,(H,14,15). The molecule has 1 N–H and O–H groups in total. The first-order chi connectivity index (χ1) is 8.08. The highest BCUT2D eigenvalue weighted by atomic mass is 79.9. The van der Waals surface area contributed by atoms with Crippen LogP contribution in [0.25, 0.3) is 0 Å². The first-order valence-corrected chi connectivity index (χ1v) is 5.84. The molecule has 1 aromatic rings. The maximum absolute atomic E-state index is 11.6. The molecule has 1 heterocycles. The van der Waals surface area contributed by atoms with Gasteiger partial charge in [0.2, 0.25) is 6.10 Å². The minimum absolute atomic E-state index is 0.289. The minimum atomic E-state index is -1.10. The molecule has 17 heavy (non-hydrogen) atoms. The van der Waals surface area contributed by atoms with Crippen molar-refractivity contribution in [3.63, 3.8) is 0 Å². The van der Waals surface area contributed by atoms with Gasteiger partial charge in [-0.2, -0.15) is 0 Å². The van der Waals surface area contributed by atoms with E-state index in [1.165, 1.54) is 4.90 Å². The highest BCUT2D eigenvalue weighted by molar-refractivity contribution is 9.10. The molecule has 0 radical (unpaired) electrons. The van der Waals surface area contributed by atoms with Crippen LogP contribution < -0.4 is 4.90 Å². The van der Waals surface area contributed by atoms with Crippen molar-refractivity contribution in [3.05, 3.63) is 28.7 Å². The average molecular weight is 300 g/mol. The van der Waals surface area contributed by atoms with Crippen LogP contribution in [0.3, 0.4) is 0 Å². The van der Waals surface area contributed by atoms with Gasteiger partial charge in [-0.05, 0) is 24.3 Å². The van der Waals surface area contributed by atoms with E-state index in [4.69, 9.17) is 9.84 Å². The van der Waals surface area contributed by atoms with Gasteiger partial charge in [-0.25, -0.2) is 9.59 Å². The molecule has 1 atom stereocenters. The van der Waals surface area contributed by atoms with Gasteiger partial charge in [-0.1, -0.05) is 15.9 Å². The van der Waals surface area contributed by atoms with Gasteiger partial charge in [0.25, 0.3) is 0 Å². The van der Waals surface area contributed by atoms with Crippen LogP contribution in [0, 0.1) is 0 Å². The number of aliphatic carboxylic acids is 1. The molecule has 0 aliphatic carbocycles. The number of nitrogens with zero attached hydrogens (tertiary/aromatic N) is 1. The number of amides is 1. The zero-order valence-electron chi connectivity index (χ0n) is 8.80. The van der Waals surface area contributed by atoms with Crippen LogP contribution in [0.2, 0.25) is 0 Å². The Morgan fingerprint density at radius 3 is 2.59 bits per heavy atom. The normalized spacial score (nSPS) is 19.9. The molecule has 90 valence electrons. The summed E-state index contributed by atoms with van der Waals surface area (Å²) >= 11 is 3.30. The quantitative estimate of drug-likeness (QED) is 0.909. The molecule has 1 aliphatic heterocycles. The van der Waals surface area contributed by atoms with Crippen molar-refractivity contribution in [2.24, 2.45) is 0 Å². The fraction of sp³-hybridized carbons (Fsp3) is 0.273. The Kier molecular flexibility index (Phi) is 3.33. The minimum Gasteiger partial charge on any atom is -0.479 e. The molecule has 1 saturated heterocycles. The van der Waals surface area contributed by atoms with Crippen LogP contribution in [0.4, 0.5) is 10.5 Å². The number of cyclic esters (lactones) is 1. The summed E-state index contributed by atoms with van der Waals surface area (Å²) in [4.78, 5) is 23.7. The van der Waals surface area contributed by atoms with E-state index in [2.05, 4.69) is 15.9 Å². The highest BCUT2D eigenvalue weighted by Gasteiger charge is 2.32. The second-order valence-corrected chi connectivity index (χ2v) is 4.54. The van der Waals surface area contributed by atoms with Crippen LogP contribution >= 0.6 is 15.9 Å². The van der Waals surface area contributed by atoms with Crippen LogP contribution in [0.1, 0.15) is 6.42 Å². The van der Waals surface area contributed by atoms with Gasteiger partial charge in [-0.15, -0.1) is 0 Å². The lowest BCUT2D eigenvalue weighted by Gasteiger charge is -2.29. The Labute approximate surface area is 106 Å². The first-order valence-electron chi connectivity index (χ1n) is 5.04. The molecule has 1 fully saturated rings. The van der Waals surface area contributed by atoms with Crippen molar-refractivity contribution in [2.45, 2.75) is 12.5 Å². The molecule has 0 bridgehead atoms. The number of hydrogen-bond acceptors (Lipinski definition) is 3. The van der Waals surface area contributed by atoms with Crippen molar-refractivity contribution in [3.8, 4) is 0 Å². The molecule has 1 aliphatic rings. The zero-order chi connectivity index (χ0) is 12.4. The fourth-order valence-corrected chi connectivity index (χ4v) is 1.88. The molecule has 2 rings (SSSR count). The second-order valence-electron chi connectivity index (χ2n) is 3.63. The number of halogens is 1. The first kappa shape index (κ1) is 11.9. The highest BCUT2D eigenvalue weighted by Crippen LogP contribution is 2.23. The van der Waals surface area contributed by atoms with Gasteiger partial charge in [0.15, 0.2) is 0 Å². The number of rotatable bonds is 2. The zero-order valence-corrected chi connectivity index (χ0v) is 10.4. The van der Waals surface area contributed by atoms with E-state index in [0.717, 1.165) is 4.47 Å². The van der Waals surface area contributed by atoms with Gasteiger partial charge in [0, 0.05) is 23.1 Å². The summed E-state index contributed by atoms with van der Waals surface area (Å²) in [6.45, 7) is 0.345. The van der Waals surface area contributed by atoms with Crippen molar-refractivity contribution >= 4 is 33.7 Å². The third-order valence-electron chi connectivity index (χ3n) is 2.49. The lowest BCUT2D eigenvalue weighted by Crippen LogP contribution is -2.44. The smallest absolute Gasteiger partial charge is 0.415 e. The van der Waals surface area contributed by atoms with Gasteiger partial charge in [-0.3, -0.25) is 4.90 Å². The number of hydrogen-bond donors (Lipinski definition) is 1. The van der Waals surface area contributed by atoms with E-state index in [1.54, 1.807) is 12.1 Å². The molecular weight excluding hydrogens is 290 g/mol. The molecule has 0 spiro atoms. The Morgan fingerprint density at radius 2 is 2.06 bits per heavy atom. The summed E-state index contributed by atoms with van der Waals surface area (Å²) in [5, 5.41) is 8.75. The number of carboxylic acids is 1. The molecule has 6 heteroatoms. The largest absolute Gasteiger partial charge is 0.479 e. The maximum atomic E-state index is 11.6. The summed E-state index contributed by atoms with van der Waals surface area (Å²) in [7, 11) is 0. The van der Waals surface area contributed by atoms with E-state index in [0.29, 0.717) is 12.2 Å². The Morgan fingerprint density at radius 1 is 1.41 bits per heavy atom. The molecule has 1 amide bonds. The summed E-state index contributed by atoms with van der Waals surface area (Å²) in [5.74, 6) is -1.10. The molecule has 1 aromatic carbocycles. The second kappa shape index (κ2) is 4.75. The maximum Gasteiger partial charge on any atom is 0.415 e. The molecule has 0 saturated carbocycles. The third-order valence-corrected chi connectivity index (χ3v) is 3.02.